The predicted molar refractivity (Wildman–Crippen MR) is 95.1 cm³/mol. The highest BCUT2D eigenvalue weighted by atomic mass is 16.3. The summed E-state index contributed by atoms with van der Waals surface area (Å²) in [5, 5.41) is 31.8. The smallest absolute Gasteiger partial charge is 0.190 e. The van der Waals surface area contributed by atoms with Crippen molar-refractivity contribution in [3.8, 4) is 0 Å². The number of Topliss-reactive ketones (excluding diaryl/α,β-unsaturated/α-hetero) is 1. The molecule has 0 unspecified atom stereocenters. The number of hydrogen-bond acceptors (Lipinski definition) is 5. The third kappa shape index (κ3) is 2.14. The lowest BCUT2D eigenvalue weighted by atomic mass is 9.45. The number of carbonyl (C=O) groups excluding carboxylic acids is 2. The fourth-order valence-electron chi connectivity index (χ4n) is 7.02. The maximum atomic E-state index is 12.4. The normalized spacial score (nSPS) is 53.6. The van der Waals surface area contributed by atoms with E-state index in [1.54, 1.807) is 0 Å². The average molecular weight is 364 g/mol. The van der Waals surface area contributed by atoms with Crippen LogP contribution in [0.25, 0.3) is 0 Å². The topological polar surface area (TPSA) is 94.8 Å². The largest absolute Gasteiger partial charge is 0.393 e. The molecule has 0 heterocycles. The molecule has 0 radical (unpaired) electrons. The number of carbonyl (C=O) groups is 2. The van der Waals surface area contributed by atoms with Crippen molar-refractivity contribution in [2.45, 2.75) is 70.5 Å². The molecule has 5 heteroatoms. The summed E-state index contributed by atoms with van der Waals surface area (Å²) in [6, 6.07) is 0. The van der Waals surface area contributed by atoms with Crippen LogP contribution < -0.4 is 0 Å². The van der Waals surface area contributed by atoms with Gasteiger partial charge in [-0.05, 0) is 67.8 Å². The van der Waals surface area contributed by atoms with Crippen molar-refractivity contribution in [3.05, 3.63) is 11.6 Å². The van der Waals surface area contributed by atoms with E-state index >= 15 is 0 Å². The molecular formula is C21H30O5. The molecule has 0 aliphatic heterocycles. The summed E-state index contributed by atoms with van der Waals surface area (Å²) in [6.45, 7) is 3.11. The van der Waals surface area contributed by atoms with Crippen LogP contribution >= 0.6 is 0 Å². The minimum atomic E-state index is -1.94. The first-order valence-corrected chi connectivity index (χ1v) is 9.71. The Bertz CT molecular complexity index is 764. The summed E-state index contributed by atoms with van der Waals surface area (Å²) in [7, 11) is 0. The van der Waals surface area contributed by atoms with Gasteiger partial charge in [0.1, 0.15) is 12.2 Å². The molecule has 0 bridgehead atoms. The minimum Gasteiger partial charge on any atom is -0.393 e. The van der Waals surface area contributed by atoms with E-state index in [1.165, 1.54) is 6.08 Å². The van der Waals surface area contributed by atoms with Crippen LogP contribution in [0.5, 0.6) is 0 Å². The lowest BCUT2D eigenvalue weighted by Gasteiger charge is -2.60. The van der Waals surface area contributed by atoms with Gasteiger partial charge in [-0.15, -0.1) is 0 Å². The molecular weight excluding hydrogens is 332 g/mol. The summed E-state index contributed by atoms with van der Waals surface area (Å²) in [5.74, 6) is -1.22. The zero-order valence-electron chi connectivity index (χ0n) is 17.5. The number of allylic oxidation sites excluding steroid dienone is 1. The first-order valence-electron chi connectivity index (χ1n) is 10.7. The zero-order valence-corrected chi connectivity index (χ0v) is 15.5. The van der Waals surface area contributed by atoms with Crippen molar-refractivity contribution >= 4 is 11.6 Å². The van der Waals surface area contributed by atoms with E-state index in [9.17, 15) is 24.9 Å². The molecule has 26 heavy (non-hydrogen) atoms. The van der Waals surface area contributed by atoms with Gasteiger partial charge in [0.05, 0.1) is 6.10 Å². The van der Waals surface area contributed by atoms with E-state index in [0.717, 1.165) is 12.0 Å². The van der Waals surface area contributed by atoms with E-state index in [-0.39, 0.29) is 37.0 Å². The van der Waals surface area contributed by atoms with E-state index in [1.807, 2.05) is 13.8 Å². The maximum Gasteiger partial charge on any atom is 0.190 e. The molecule has 7 atom stereocenters. The van der Waals surface area contributed by atoms with Crippen LogP contribution in [-0.4, -0.2) is 45.2 Å². The van der Waals surface area contributed by atoms with Gasteiger partial charge in [-0.2, -0.15) is 0 Å². The molecule has 4 aliphatic rings. The minimum absolute atomic E-state index is 0.0169. The SMILES string of the molecule is [2H]C1([2H])C[C@@]2(C)C(=CC1=O)CC[C@@H]1[C@@H]2[C@@H](O)C[C@@]2(C)[C@H]1CC[C@]2(O)C(=O)CO. The molecule has 3 fully saturated rings. The Balaban J connectivity index is 1.75. The Labute approximate surface area is 157 Å². The highest BCUT2D eigenvalue weighted by Crippen LogP contribution is 2.67. The zero-order chi connectivity index (χ0) is 20.7. The second kappa shape index (κ2) is 5.73. The van der Waals surface area contributed by atoms with Gasteiger partial charge in [0.15, 0.2) is 11.6 Å². The first kappa shape index (κ1) is 16.0. The maximum absolute atomic E-state index is 12.4. The number of ketones is 2. The molecule has 3 N–H and O–H groups in total. The van der Waals surface area contributed by atoms with Gasteiger partial charge < -0.3 is 15.3 Å². The Morgan fingerprint density at radius 2 is 2.08 bits per heavy atom. The number of hydrogen-bond donors (Lipinski definition) is 3. The molecule has 4 aliphatic carbocycles. The molecule has 0 spiro atoms. The molecule has 0 saturated heterocycles. The number of fused-ring (bicyclic) bond motifs is 5. The quantitative estimate of drug-likeness (QED) is 0.694. The van der Waals surface area contributed by atoms with Crippen LogP contribution in [0.4, 0.5) is 0 Å². The average Bonchev–Trinajstić information content (AvgIpc) is 2.87. The van der Waals surface area contributed by atoms with Crippen LogP contribution in [0, 0.1) is 28.6 Å². The van der Waals surface area contributed by atoms with Crippen LogP contribution in [0.15, 0.2) is 11.6 Å². The Morgan fingerprint density at radius 3 is 2.77 bits per heavy atom. The van der Waals surface area contributed by atoms with Gasteiger partial charge in [0.25, 0.3) is 0 Å². The highest BCUT2D eigenvalue weighted by molar-refractivity contribution is 5.91. The van der Waals surface area contributed by atoms with Gasteiger partial charge in [0, 0.05) is 14.5 Å². The van der Waals surface area contributed by atoms with Crippen molar-refractivity contribution in [3.63, 3.8) is 0 Å². The van der Waals surface area contributed by atoms with Gasteiger partial charge in [-0.25, -0.2) is 0 Å². The Kier molecular flexibility index (Phi) is 3.52. The lowest BCUT2D eigenvalue weighted by molar-refractivity contribution is -0.182. The monoisotopic (exact) mass is 364 g/mol. The fourth-order valence-corrected chi connectivity index (χ4v) is 7.02. The van der Waals surface area contributed by atoms with Crippen molar-refractivity contribution in [2.24, 2.45) is 28.6 Å². The summed E-state index contributed by atoms with van der Waals surface area (Å²) in [6.07, 6.45) is 1.36. The van der Waals surface area contributed by atoms with Crippen LogP contribution in [0.1, 0.15) is 61.5 Å². The van der Waals surface area contributed by atoms with Crippen molar-refractivity contribution in [2.75, 3.05) is 6.61 Å². The van der Waals surface area contributed by atoms with Crippen molar-refractivity contribution in [1.29, 1.82) is 0 Å². The lowest BCUT2D eigenvalue weighted by Crippen LogP contribution is -2.62. The molecule has 0 amide bonds. The second-order valence-electron chi connectivity index (χ2n) is 9.31. The third-order valence-electron chi connectivity index (χ3n) is 8.36. The van der Waals surface area contributed by atoms with Gasteiger partial charge >= 0.3 is 0 Å². The summed E-state index contributed by atoms with van der Waals surface area (Å²) in [5.41, 5.74) is -2.12. The Morgan fingerprint density at radius 1 is 1.35 bits per heavy atom. The van der Waals surface area contributed by atoms with Gasteiger partial charge in [-0.1, -0.05) is 19.4 Å². The van der Waals surface area contributed by atoms with E-state index in [2.05, 4.69) is 0 Å². The van der Waals surface area contributed by atoms with Gasteiger partial charge in [-0.3, -0.25) is 9.59 Å². The van der Waals surface area contributed by atoms with Crippen molar-refractivity contribution < 1.29 is 27.7 Å². The van der Waals surface area contributed by atoms with E-state index < -0.39 is 47.1 Å². The fraction of sp³-hybridized carbons (Fsp3) is 0.810. The van der Waals surface area contributed by atoms with Crippen molar-refractivity contribution in [1.82, 2.24) is 0 Å². The number of aliphatic hydroxyl groups excluding tert-OH is 2. The molecule has 0 aromatic carbocycles. The first-order chi connectivity index (χ1) is 12.9. The highest BCUT2D eigenvalue weighted by Gasteiger charge is 2.68. The number of aliphatic hydroxyl groups is 3. The molecule has 0 aromatic heterocycles. The van der Waals surface area contributed by atoms with Crippen LogP contribution in [0.2, 0.25) is 0 Å². The molecule has 3 saturated carbocycles. The molecule has 144 valence electrons. The van der Waals surface area contributed by atoms with Gasteiger partial charge in [0.2, 0.25) is 0 Å². The predicted octanol–water partition coefficient (Wildman–Crippen LogP) is 1.78. The third-order valence-corrected chi connectivity index (χ3v) is 8.36. The standard InChI is InChI=1S/C21H30O5/c1-19-7-5-13(23)9-12(19)3-4-14-15-6-8-21(26,17(25)11-22)20(15,2)10-16(24)18(14)19/h9,14-16,18,22,24,26H,3-8,10-11H2,1-2H3/t14-,15-,16-,18+,19-,20-,21-/m0/s1/i5D2. The van der Waals surface area contributed by atoms with E-state index in [0.29, 0.717) is 12.8 Å². The summed E-state index contributed by atoms with van der Waals surface area (Å²) < 4.78 is 16.3. The van der Waals surface area contributed by atoms with Crippen LogP contribution in [0.3, 0.4) is 0 Å². The molecule has 5 nitrogen and oxygen atoms in total. The summed E-state index contributed by atoms with van der Waals surface area (Å²) >= 11 is 0. The van der Waals surface area contributed by atoms with E-state index in [4.69, 9.17) is 2.74 Å². The molecule has 4 rings (SSSR count). The summed E-state index contributed by atoms with van der Waals surface area (Å²) in [4.78, 5) is 24.6. The molecule has 0 aromatic rings. The number of rotatable bonds is 2. The second-order valence-corrected chi connectivity index (χ2v) is 9.31. The Hall–Kier alpha value is -1.04. The van der Waals surface area contributed by atoms with Crippen LogP contribution in [-0.2, 0) is 9.59 Å².